The molecule has 124 valence electrons. The standard InChI is InChI=1S/C17H21N6O/c1-18-15-8-16(19-9-12-4-3-7-22(11-12)24-2)23-17(21-15)14(10-20-23)13-5-6-13/h3-4,7-8,10-11,13,19H,5-6,9H2,1-2H3,(H,18,21)/q+1. The molecule has 0 aliphatic heterocycles. The molecule has 0 unspecified atom stereocenters. The molecule has 3 aromatic rings. The SMILES string of the molecule is CNc1cc(NCc2ccc[n+](OC)c2)n2ncc(C3CC3)c2n1. The van der Waals surface area contributed by atoms with Gasteiger partial charge in [-0.1, -0.05) is 0 Å². The van der Waals surface area contributed by atoms with Crippen molar-refractivity contribution in [1.29, 1.82) is 0 Å². The Morgan fingerprint density at radius 2 is 2.29 bits per heavy atom. The Labute approximate surface area is 140 Å². The van der Waals surface area contributed by atoms with E-state index in [0.717, 1.165) is 22.8 Å². The molecule has 3 aromatic heterocycles. The first-order valence-corrected chi connectivity index (χ1v) is 8.13. The van der Waals surface area contributed by atoms with E-state index in [0.29, 0.717) is 12.5 Å². The maximum Gasteiger partial charge on any atom is 0.227 e. The monoisotopic (exact) mass is 325 g/mol. The molecule has 0 aromatic carbocycles. The number of anilines is 2. The molecule has 4 rings (SSSR count). The van der Waals surface area contributed by atoms with E-state index in [1.807, 2.05) is 42.3 Å². The van der Waals surface area contributed by atoms with Crippen molar-refractivity contribution in [2.24, 2.45) is 0 Å². The van der Waals surface area contributed by atoms with Gasteiger partial charge in [0.2, 0.25) is 12.4 Å². The minimum Gasteiger partial charge on any atom is -0.373 e. The summed E-state index contributed by atoms with van der Waals surface area (Å²) in [5.74, 6) is 2.38. The molecule has 0 amide bonds. The number of fused-ring (bicyclic) bond motifs is 1. The lowest BCUT2D eigenvalue weighted by molar-refractivity contribution is -0.885. The van der Waals surface area contributed by atoms with Gasteiger partial charge in [-0.3, -0.25) is 4.84 Å². The average Bonchev–Trinajstić information content (AvgIpc) is 3.38. The smallest absolute Gasteiger partial charge is 0.227 e. The van der Waals surface area contributed by atoms with Crippen LogP contribution in [0.25, 0.3) is 5.65 Å². The van der Waals surface area contributed by atoms with Gasteiger partial charge in [-0.2, -0.15) is 9.61 Å². The van der Waals surface area contributed by atoms with E-state index in [9.17, 15) is 0 Å². The molecule has 0 radical (unpaired) electrons. The fourth-order valence-electron chi connectivity index (χ4n) is 2.83. The average molecular weight is 325 g/mol. The second kappa shape index (κ2) is 5.99. The second-order valence-electron chi connectivity index (χ2n) is 5.99. The third kappa shape index (κ3) is 2.73. The Balaban J connectivity index is 1.65. The second-order valence-corrected chi connectivity index (χ2v) is 5.99. The highest BCUT2D eigenvalue weighted by molar-refractivity contribution is 5.61. The van der Waals surface area contributed by atoms with Crippen LogP contribution in [-0.4, -0.2) is 28.8 Å². The summed E-state index contributed by atoms with van der Waals surface area (Å²) in [6, 6.07) is 5.99. The van der Waals surface area contributed by atoms with E-state index >= 15 is 0 Å². The minimum atomic E-state index is 0.616. The molecule has 24 heavy (non-hydrogen) atoms. The summed E-state index contributed by atoms with van der Waals surface area (Å²) in [7, 11) is 3.53. The quantitative estimate of drug-likeness (QED) is 0.674. The summed E-state index contributed by atoms with van der Waals surface area (Å²) in [6.45, 7) is 0.672. The van der Waals surface area contributed by atoms with E-state index in [2.05, 4.69) is 26.8 Å². The zero-order valence-corrected chi connectivity index (χ0v) is 13.9. The molecule has 1 saturated carbocycles. The van der Waals surface area contributed by atoms with Crippen LogP contribution in [0.15, 0.2) is 36.8 Å². The van der Waals surface area contributed by atoms with Crippen molar-refractivity contribution < 1.29 is 9.57 Å². The Kier molecular flexibility index (Phi) is 3.68. The number of nitrogens with zero attached hydrogens (tertiary/aromatic N) is 4. The highest BCUT2D eigenvalue weighted by Crippen LogP contribution is 2.42. The van der Waals surface area contributed by atoms with Gasteiger partial charge in [0, 0.05) is 41.6 Å². The molecule has 7 nitrogen and oxygen atoms in total. The molecule has 3 heterocycles. The molecule has 0 saturated heterocycles. The van der Waals surface area contributed by atoms with Crippen molar-refractivity contribution in [3.8, 4) is 0 Å². The predicted molar refractivity (Wildman–Crippen MR) is 91.0 cm³/mol. The Bertz CT molecular complexity index is 871. The molecule has 1 aliphatic rings. The van der Waals surface area contributed by atoms with Gasteiger partial charge in [-0.25, -0.2) is 4.98 Å². The minimum absolute atomic E-state index is 0.616. The number of pyridine rings is 1. The van der Waals surface area contributed by atoms with E-state index < -0.39 is 0 Å². The third-order valence-corrected chi connectivity index (χ3v) is 4.29. The zero-order valence-electron chi connectivity index (χ0n) is 13.9. The summed E-state index contributed by atoms with van der Waals surface area (Å²) >= 11 is 0. The number of rotatable bonds is 6. The molecule has 7 heteroatoms. The third-order valence-electron chi connectivity index (χ3n) is 4.29. The van der Waals surface area contributed by atoms with Gasteiger partial charge in [-0.05, 0) is 24.8 Å². The van der Waals surface area contributed by atoms with Crippen molar-refractivity contribution in [1.82, 2.24) is 14.6 Å². The van der Waals surface area contributed by atoms with Crippen molar-refractivity contribution in [3.63, 3.8) is 0 Å². The highest BCUT2D eigenvalue weighted by Gasteiger charge is 2.28. The topological polar surface area (TPSA) is 67.4 Å². The van der Waals surface area contributed by atoms with Crippen molar-refractivity contribution in [2.45, 2.75) is 25.3 Å². The summed E-state index contributed by atoms with van der Waals surface area (Å²) in [5, 5.41) is 11.1. The van der Waals surface area contributed by atoms with Gasteiger partial charge >= 0.3 is 0 Å². The normalized spacial score (nSPS) is 13.9. The van der Waals surface area contributed by atoms with Gasteiger partial charge < -0.3 is 10.6 Å². The van der Waals surface area contributed by atoms with E-state index in [4.69, 9.17) is 4.84 Å². The number of hydrogen-bond acceptors (Lipinski definition) is 5. The van der Waals surface area contributed by atoms with Crippen LogP contribution in [0.3, 0.4) is 0 Å². The van der Waals surface area contributed by atoms with E-state index in [-0.39, 0.29) is 0 Å². The van der Waals surface area contributed by atoms with Crippen LogP contribution in [0.1, 0.15) is 29.9 Å². The van der Waals surface area contributed by atoms with Crippen molar-refractivity contribution >= 4 is 17.3 Å². The number of aromatic nitrogens is 4. The van der Waals surface area contributed by atoms with Crippen molar-refractivity contribution in [2.75, 3.05) is 24.8 Å². The van der Waals surface area contributed by atoms with Gasteiger partial charge in [0.15, 0.2) is 5.65 Å². The first-order valence-electron chi connectivity index (χ1n) is 8.13. The fourth-order valence-corrected chi connectivity index (χ4v) is 2.83. The lowest BCUT2D eigenvalue weighted by Crippen LogP contribution is -2.40. The molecular weight excluding hydrogens is 304 g/mol. The molecule has 0 atom stereocenters. The summed E-state index contributed by atoms with van der Waals surface area (Å²) in [6.07, 6.45) is 8.23. The van der Waals surface area contributed by atoms with Crippen LogP contribution in [0.2, 0.25) is 0 Å². The van der Waals surface area contributed by atoms with Gasteiger partial charge in [0.25, 0.3) is 0 Å². The molecule has 0 spiro atoms. The number of hydrogen-bond donors (Lipinski definition) is 2. The van der Waals surface area contributed by atoms with Gasteiger partial charge in [-0.15, -0.1) is 0 Å². The van der Waals surface area contributed by atoms with Crippen LogP contribution in [0.5, 0.6) is 0 Å². The van der Waals surface area contributed by atoms with Crippen LogP contribution < -0.4 is 20.2 Å². The largest absolute Gasteiger partial charge is 0.373 e. The Morgan fingerprint density at radius 3 is 3.04 bits per heavy atom. The molecule has 1 aliphatic carbocycles. The Morgan fingerprint density at radius 1 is 1.42 bits per heavy atom. The van der Waals surface area contributed by atoms with E-state index in [1.165, 1.54) is 18.4 Å². The first kappa shape index (κ1) is 14.7. The summed E-state index contributed by atoms with van der Waals surface area (Å²) in [4.78, 5) is 9.88. The fraction of sp³-hybridized carbons (Fsp3) is 0.353. The van der Waals surface area contributed by atoms with Gasteiger partial charge in [0.1, 0.15) is 18.7 Å². The zero-order chi connectivity index (χ0) is 16.5. The van der Waals surface area contributed by atoms with Crippen LogP contribution in [-0.2, 0) is 6.54 Å². The van der Waals surface area contributed by atoms with Gasteiger partial charge in [0.05, 0.1) is 6.20 Å². The summed E-state index contributed by atoms with van der Waals surface area (Å²) < 4.78 is 3.57. The molecule has 1 fully saturated rings. The number of nitrogens with one attached hydrogen (secondary N) is 2. The maximum atomic E-state index is 5.20. The van der Waals surface area contributed by atoms with Crippen LogP contribution in [0, 0.1) is 0 Å². The van der Waals surface area contributed by atoms with Crippen LogP contribution in [0.4, 0.5) is 11.6 Å². The highest BCUT2D eigenvalue weighted by atomic mass is 16.6. The van der Waals surface area contributed by atoms with Crippen molar-refractivity contribution in [3.05, 3.63) is 47.9 Å². The van der Waals surface area contributed by atoms with E-state index in [1.54, 1.807) is 11.8 Å². The Hall–Kier alpha value is -2.83. The van der Waals surface area contributed by atoms with Crippen LogP contribution >= 0.6 is 0 Å². The summed E-state index contributed by atoms with van der Waals surface area (Å²) in [5.41, 5.74) is 3.30. The lowest BCUT2D eigenvalue weighted by atomic mass is 10.2. The first-order chi connectivity index (χ1) is 11.8. The molecular formula is C17H21N6O+. The maximum absolute atomic E-state index is 5.20. The molecule has 2 N–H and O–H groups in total. The predicted octanol–water partition coefficient (Wildman–Crippen LogP) is 1.61. The lowest BCUT2D eigenvalue weighted by Gasteiger charge is -2.10. The molecule has 0 bridgehead atoms.